The topological polar surface area (TPSA) is 103 Å². The van der Waals surface area contributed by atoms with Crippen molar-refractivity contribution in [3.8, 4) is 11.4 Å². The van der Waals surface area contributed by atoms with E-state index >= 15 is 0 Å². The smallest absolute Gasteiger partial charge is 0.368 e. The van der Waals surface area contributed by atoms with Gasteiger partial charge in [-0.15, -0.1) is 0 Å². The molecule has 0 saturated carbocycles. The number of nitrogens with zero attached hydrogens (tertiary/aromatic N) is 4. The molecule has 2 heterocycles. The summed E-state index contributed by atoms with van der Waals surface area (Å²) >= 11 is 0. The number of hydrogen-bond acceptors (Lipinski definition) is 7. The Morgan fingerprint density at radius 2 is 1.83 bits per heavy atom. The van der Waals surface area contributed by atoms with Crippen molar-refractivity contribution in [1.29, 1.82) is 0 Å². The summed E-state index contributed by atoms with van der Waals surface area (Å²) in [5.41, 5.74) is 6.78. The Hall–Kier alpha value is -3.17. The number of nitrogen functional groups attached to an aromatic ring is 1. The van der Waals surface area contributed by atoms with Crippen molar-refractivity contribution in [3.05, 3.63) is 48.0 Å². The van der Waals surface area contributed by atoms with Gasteiger partial charge in [-0.05, 0) is 11.6 Å². The minimum Gasteiger partial charge on any atom is -0.368 e. The summed E-state index contributed by atoms with van der Waals surface area (Å²) in [5.74, 6) is -0.762. The lowest BCUT2D eigenvalue weighted by Gasteiger charge is -2.06. The molecule has 0 bridgehead atoms. The number of rotatable bonds is 4. The SMILES string of the molecule is Nc1nccc(NCc2ccc(-c3noc(C(F)(F)F)n3)cc2)n1. The summed E-state index contributed by atoms with van der Waals surface area (Å²) in [7, 11) is 0. The molecule has 24 heavy (non-hydrogen) atoms. The Balaban J connectivity index is 1.68. The van der Waals surface area contributed by atoms with E-state index in [0.717, 1.165) is 5.56 Å². The van der Waals surface area contributed by atoms with Gasteiger partial charge in [0, 0.05) is 18.3 Å². The minimum atomic E-state index is -4.66. The maximum atomic E-state index is 12.4. The minimum absolute atomic E-state index is 0.120. The van der Waals surface area contributed by atoms with Gasteiger partial charge in [-0.2, -0.15) is 23.1 Å². The molecule has 0 amide bonds. The second kappa shape index (κ2) is 6.14. The molecule has 0 aliphatic heterocycles. The molecule has 124 valence electrons. The lowest BCUT2D eigenvalue weighted by molar-refractivity contribution is -0.159. The number of halogens is 3. The molecular formula is C14H11F3N6O. The van der Waals surface area contributed by atoms with E-state index in [0.29, 0.717) is 17.9 Å². The predicted molar refractivity (Wildman–Crippen MR) is 78.5 cm³/mol. The number of nitrogens with one attached hydrogen (secondary N) is 1. The van der Waals surface area contributed by atoms with Gasteiger partial charge in [0.25, 0.3) is 0 Å². The van der Waals surface area contributed by atoms with E-state index in [1.54, 1.807) is 30.3 Å². The summed E-state index contributed by atoms with van der Waals surface area (Å²) in [6.45, 7) is 0.455. The highest BCUT2D eigenvalue weighted by Crippen LogP contribution is 2.29. The van der Waals surface area contributed by atoms with Gasteiger partial charge < -0.3 is 15.6 Å². The van der Waals surface area contributed by atoms with E-state index in [1.807, 2.05) is 0 Å². The number of nitrogens with two attached hydrogens (primary N) is 1. The molecule has 0 aliphatic rings. The van der Waals surface area contributed by atoms with Gasteiger partial charge in [0.05, 0.1) is 0 Å². The van der Waals surface area contributed by atoms with E-state index in [-0.39, 0.29) is 11.8 Å². The lowest BCUT2D eigenvalue weighted by Crippen LogP contribution is -2.05. The summed E-state index contributed by atoms with van der Waals surface area (Å²) in [5, 5.41) is 6.39. The highest BCUT2D eigenvalue weighted by Gasteiger charge is 2.38. The first kappa shape index (κ1) is 15.7. The van der Waals surface area contributed by atoms with Crippen LogP contribution in [-0.4, -0.2) is 20.1 Å². The van der Waals surface area contributed by atoms with Crippen LogP contribution in [0.25, 0.3) is 11.4 Å². The van der Waals surface area contributed by atoms with Crippen molar-refractivity contribution in [2.45, 2.75) is 12.7 Å². The monoisotopic (exact) mass is 336 g/mol. The third kappa shape index (κ3) is 3.59. The van der Waals surface area contributed by atoms with Crippen LogP contribution in [0.4, 0.5) is 24.9 Å². The van der Waals surface area contributed by atoms with Gasteiger partial charge in [-0.1, -0.05) is 29.4 Å². The maximum Gasteiger partial charge on any atom is 0.471 e. The van der Waals surface area contributed by atoms with Gasteiger partial charge in [0.15, 0.2) is 0 Å². The summed E-state index contributed by atoms with van der Waals surface area (Å²) < 4.78 is 41.5. The predicted octanol–water partition coefficient (Wildman–Crippen LogP) is 2.74. The Kier molecular flexibility index (Phi) is 4.02. The summed E-state index contributed by atoms with van der Waals surface area (Å²) in [6, 6.07) is 8.35. The quantitative estimate of drug-likeness (QED) is 0.755. The van der Waals surface area contributed by atoms with Crippen LogP contribution >= 0.6 is 0 Å². The van der Waals surface area contributed by atoms with Gasteiger partial charge in [-0.3, -0.25) is 0 Å². The molecular weight excluding hydrogens is 325 g/mol. The van der Waals surface area contributed by atoms with Crippen molar-refractivity contribution < 1.29 is 17.7 Å². The van der Waals surface area contributed by atoms with E-state index in [4.69, 9.17) is 5.73 Å². The van der Waals surface area contributed by atoms with E-state index in [2.05, 4.69) is 29.9 Å². The Morgan fingerprint density at radius 3 is 2.46 bits per heavy atom. The van der Waals surface area contributed by atoms with Crippen LogP contribution in [0.2, 0.25) is 0 Å². The maximum absolute atomic E-state index is 12.4. The van der Waals surface area contributed by atoms with Crippen molar-refractivity contribution in [3.63, 3.8) is 0 Å². The largest absolute Gasteiger partial charge is 0.471 e. The Morgan fingerprint density at radius 1 is 1.08 bits per heavy atom. The fourth-order valence-corrected chi connectivity index (χ4v) is 1.89. The molecule has 10 heteroatoms. The third-order valence-electron chi connectivity index (χ3n) is 3.03. The molecule has 0 aliphatic carbocycles. The molecule has 7 nitrogen and oxygen atoms in total. The van der Waals surface area contributed by atoms with E-state index < -0.39 is 12.1 Å². The van der Waals surface area contributed by atoms with Gasteiger partial charge in [-0.25, -0.2) is 4.98 Å². The average Bonchev–Trinajstić information content (AvgIpc) is 3.04. The van der Waals surface area contributed by atoms with Crippen LogP contribution in [0.1, 0.15) is 11.5 Å². The van der Waals surface area contributed by atoms with Gasteiger partial charge >= 0.3 is 12.1 Å². The Bertz CT molecular complexity index is 831. The van der Waals surface area contributed by atoms with Crippen LogP contribution < -0.4 is 11.1 Å². The third-order valence-corrected chi connectivity index (χ3v) is 3.03. The van der Waals surface area contributed by atoms with E-state index in [1.165, 1.54) is 6.20 Å². The highest BCUT2D eigenvalue weighted by molar-refractivity contribution is 5.55. The number of hydrogen-bond donors (Lipinski definition) is 2. The number of anilines is 2. The zero-order valence-corrected chi connectivity index (χ0v) is 12.1. The zero-order chi connectivity index (χ0) is 17.2. The van der Waals surface area contributed by atoms with Gasteiger partial charge in [0.2, 0.25) is 11.8 Å². The number of aromatic nitrogens is 4. The number of benzene rings is 1. The summed E-state index contributed by atoms with van der Waals surface area (Å²) in [4.78, 5) is 11.1. The number of alkyl halides is 3. The molecule has 3 aromatic rings. The van der Waals surface area contributed by atoms with Gasteiger partial charge in [0.1, 0.15) is 5.82 Å². The van der Waals surface area contributed by atoms with E-state index in [9.17, 15) is 13.2 Å². The molecule has 3 rings (SSSR count). The highest BCUT2D eigenvalue weighted by atomic mass is 19.4. The molecule has 0 unspecified atom stereocenters. The van der Waals surface area contributed by atoms with Crippen molar-refractivity contribution in [2.24, 2.45) is 0 Å². The van der Waals surface area contributed by atoms with Crippen molar-refractivity contribution >= 4 is 11.8 Å². The standard InChI is InChI=1S/C14H11F3N6O/c15-14(16,17)12-22-11(23-24-12)9-3-1-8(2-4-9)7-20-10-5-6-19-13(18)21-10/h1-6H,7H2,(H3,18,19,20,21). The fourth-order valence-electron chi connectivity index (χ4n) is 1.89. The van der Waals surface area contributed by atoms with Crippen LogP contribution in [0, 0.1) is 0 Å². The molecule has 2 aromatic heterocycles. The van der Waals surface area contributed by atoms with Crippen molar-refractivity contribution in [1.82, 2.24) is 20.1 Å². The molecule has 0 radical (unpaired) electrons. The molecule has 0 fully saturated rings. The van der Waals surface area contributed by atoms with Crippen LogP contribution in [0.15, 0.2) is 41.1 Å². The normalized spacial score (nSPS) is 11.5. The second-order valence-corrected chi connectivity index (χ2v) is 4.77. The lowest BCUT2D eigenvalue weighted by atomic mass is 10.1. The van der Waals surface area contributed by atoms with Crippen molar-refractivity contribution in [2.75, 3.05) is 11.1 Å². The molecule has 0 saturated heterocycles. The average molecular weight is 336 g/mol. The first-order chi connectivity index (χ1) is 11.4. The fraction of sp³-hybridized carbons (Fsp3) is 0.143. The zero-order valence-electron chi connectivity index (χ0n) is 12.1. The summed E-state index contributed by atoms with van der Waals surface area (Å²) in [6.07, 6.45) is -3.13. The molecule has 3 N–H and O–H groups in total. The van der Waals surface area contributed by atoms with Crippen LogP contribution in [-0.2, 0) is 12.7 Å². The molecule has 1 aromatic carbocycles. The molecule has 0 atom stereocenters. The van der Waals surface area contributed by atoms with Crippen LogP contribution in [0.3, 0.4) is 0 Å². The first-order valence-corrected chi connectivity index (χ1v) is 6.74. The molecule has 0 spiro atoms. The Labute approximate surface area is 133 Å². The van der Waals surface area contributed by atoms with Crippen LogP contribution in [0.5, 0.6) is 0 Å². The first-order valence-electron chi connectivity index (χ1n) is 6.74. The second-order valence-electron chi connectivity index (χ2n) is 4.77.